The third-order valence-electron chi connectivity index (χ3n) is 1.75. The molecule has 0 heterocycles. The fourth-order valence-corrected chi connectivity index (χ4v) is 1.66. The molecule has 4 N–H and O–H groups in total. The van der Waals surface area contributed by atoms with E-state index >= 15 is 0 Å². The van der Waals surface area contributed by atoms with Gasteiger partial charge >= 0.3 is 0 Å². The number of benzene rings is 1. The molecule has 1 aromatic rings. The summed E-state index contributed by atoms with van der Waals surface area (Å²) in [5.41, 5.74) is 6.11. The molecular weight excluding hydrogens is 258 g/mol. The van der Waals surface area contributed by atoms with Gasteiger partial charge in [-0.25, -0.2) is 0 Å². The van der Waals surface area contributed by atoms with Gasteiger partial charge in [-0.05, 0) is 12.1 Å². The van der Waals surface area contributed by atoms with Crippen LogP contribution in [0.1, 0.15) is 0 Å². The van der Waals surface area contributed by atoms with Crippen molar-refractivity contribution >= 4 is 47.3 Å². The maximum atomic E-state index is 5.95. The van der Waals surface area contributed by atoms with E-state index < -0.39 is 0 Å². The van der Waals surface area contributed by atoms with Gasteiger partial charge in [0, 0.05) is 7.05 Å². The zero-order valence-corrected chi connectivity index (χ0v) is 10.3. The molecule has 4 nitrogen and oxygen atoms in total. The zero-order chi connectivity index (χ0) is 10.7. The molecule has 84 valence electrons. The number of halogens is 3. The SMILES string of the molecule is CN(/C(N)=N/N)c1c(Cl)cccc1Cl.Cl. The molecule has 0 aliphatic rings. The Balaban J connectivity index is 0.00000196. The first-order chi connectivity index (χ1) is 6.57. The molecule has 0 aromatic heterocycles. The fourth-order valence-electron chi connectivity index (χ4n) is 1.01. The largest absolute Gasteiger partial charge is 0.368 e. The average Bonchev–Trinajstić information content (AvgIpc) is 2.16. The van der Waals surface area contributed by atoms with E-state index in [9.17, 15) is 0 Å². The Kier molecular flexibility index (Phi) is 5.57. The first-order valence-corrected chi connectivity index (χ1v) is 4.54. The quantitative estimate of drug-likeness (QED) is 0.355. The first kappa shape index (κ1) is 14.2. The van der Waals surface area contributed by atoms with Gasteiger partial charge in [0.05, 0.1) is 15.7 Å². The number of nitrogens with two attached hydrogens (primary N) is 2. The third kappa shape index (κ3) is 3.06. The Hall–Kier alpha value is -0.840. The summed E-state index contributed by atoms with van der Waals surface area (Å²) in [4.78, 5) is 1.52. The van der Waals surface area contributed by atoms with E-state index in [1.165, 1.54) is 4.90 Å². The van der Waals surface area contributed by atoms with Crippen LogP contribution in [0.15, 0.2) is 23.3 Å². The number of hydrogen-bond donors (Lipinski definition) is 2. The van der Waals surface area contributed by atoms with Gasteiger partial charge in [-0.3, -0.25) is 0 Å². The van der Waals surface area contributed by atoms with Crippen LogP contribution >= 0.6 is 35.6 Å². The third-order valence-corrected chi connectivity index (χ3v) is 2.36. The second-order valence-corrected chi connectivity index (χ2v) is 3.43. The second-order valence-electron chi connectivity index (χ2n) is 2.62. The molecule has 0 spiro atoms. The highest BCUT2D eigenvalue weighted by Crippen LogP contribution is 2.32. The molecule has 0 bridgehead atoms. The van der Waals surface area contributed by atoms with Crippen molar-refractivity contribution in [1.29, 1.82) is 0 Å². The number of nitrogens with zero attached hydrogens (tertiary/aromatic N) is 2. The highest BCUT2D eigenvalue weighted by atomic mass is 35.5. The number of hydrazone groups is 1. The van der Waals surface area contributed by atoms with Gasteiger partial charge in [0.2, 0.25) is 5.96 Å². The Morgan fingerprint density at radius 1 is 1.33 bits per heavy atom. The lowest BCUT2D eigenvalue weighted by molar-refractivity contribution is 1.15. The molecule has 0 amide bonds. The first-order valence-electron chi connectivity index (χ1n) is 3.79. The summed E-state index contributed by atoms with van der Waals surface area (Å²) in [5.74, 6) is 5.18. The zero-order valence-electron chi connectivity index (χ0n) is 7.95. The van der Waals surface area contributed by atoms with Crippen LogP contribution in [0.4, 0.5) is 5.69 Å². The van der Waals surface area contributed by atoms with E-state index in [0.717, 1.165) is 0 Å². The molecule has 0 unspecified atom stereocenters. The molecule has 15 heavy (non-hydrogen) atoms. The molecule has 7 heteroatoms. The van der Waals surface area contributed by atoms with E-state index in [4.69, 9.17) is 34.8 Å². The summed E-state index contributed by atoms with van der Waals surface area (Å²) >= 11 is 11.9. The van der Waals surface area contributed by atoms with Crippen LogP contribution in [0.5, 0.6) is 0 Å². The van der Waals surface area contributed by atoms with Crippen LogP contribution in [-0.2, 0) is 0 Å². The number of rotatable bonds is 1. The van der Waals surface area contributed by atoms with Crippen LogP contribution in [0.2, 0.25) is 10.0 Å². The minimum Gasteiger partial charge on any atom is -0.368 e. The number of para-hydroxylation sites is 1. The van der Waals surface area contributed by atoms with E-state index in [1.54, 1.807) is 25.2 Å². The predicted octanol–water partition coefficient (Wildman–Crippen LogP) is 2.04. The molecule has 0 saturated carbocycles. The normalized spacial score (nSPS) is 10.7. The Morgan fingerprint density at radius 3 is 2.20 bits per heavy atom. The molecule has 0 saturated heterocycles. The van der Waals surface area contributed by atoms with Crippen molar-refractivity contribution in [2.45, 2.75) is 0 Å². The van der Waals surface area contributed by atoms with Crippen LogP contribution in [0.25, 0.3) is 0 Å². The van der Waals surface area contributed by atoms with Gasteiger partial charge in [0.25, 0.3) is 0 Å². The summed E-state index contributed by atoms with van der Waals surface area (Å²) in [7, 11) is 1.68. The maximum Gasteiger partial charge on any atom is 0.217 e. The summed E-state index contributed by atoms with van der Waals surface area (Å²) in [6.45, 7) is 0. The summed E-state index contributed by atoms with van der Waals surface area (Å²) in [5, 5.41) is 4.33. The van der Waals surface area contributed by atoms with Crippen molar-refractivity contribution in [2.75, 3.05) is 11.9 Å². The average molecular weight is 270 g/mol. The van der Waals surface area contributed by atoms with E-state index in [2.05, 4.69) is 5.10 Å². The van der Waals surface area contributed by atoms with E-state index in [1.807, 2.05) is 0 Å². The van der Waals surface area contributed by atoms with Crippen molar-refractivity contribution in [1.82, 2.24) is 0 Å². The van der Waals surface area contributed by atoms with Crippen LogP contribution < -0.4 is 16.5 Å². The smallest absolute Gasteiger partial charge is 0.217 e. The van der Waals surface area contributed by atoms with Gasteiger partial charge < -0.3 is 16.5 Å². The highest BCUT2D eigenvalue weighted by molar-refractivity contribution is 6.39. The van der Waals surface area contributed by atoms with E-state index in [-0.39, 0.29) is 18.4 Å². The Bertz CT molecular complexity index is 347. The molecule has 0 aliphatic carbocycles. The number of hydrogen-bond acceptors (Lipinski definition) is 2. The fraction of sp³-hybridized carbons (Fsp3) is 0.125. The van der Waals surface area contributed by atoms with Crippen molar-refractivity contribution in [3.63, 3.8) is 0 Å². The monoisotopic (exact) mass is 268 g/mol. The van der Waals surface area contributed by atoms with Crippen LogP contribution in [0, 0.1) is 0 Å². The van der Waals surface area contributed by atoms with Crippen molar-refractivity contribution < 1.29 is 0 Å². The minimum absolute atomic E-state index is 0. The number of guanidine groups is 1. The molecule has 0 radical (unpaired) electrons. The van der Waals surface area contributed by atoms with E-state index in [0.29, 0.717) is 15.7 Å². The molecular formula is C8H11Cl3N4. The number of anilines is 1. The van der Waals surface area contributed by atoms with Crippen LogP contribution in [-0.4, -0.2) is 13.0 Å². The Labute approximate surface area is 104 Å². The molecule has 1 rings (SSSR count). The maximum absolute atomic E-state index is 5.95. The van der Waals surface area contributed by atoms with Crippen LogP contribution in [0.3, 0.4) is 0 Å². The van der Waals surface area contributed by atoms with Crippen molar-refractivity contribution in [3.8, 4) is 0 Å². The highest BCUT2D eigenvalue weighted by Gasteiger charge is 2.12. The lowest BCUT2D eigenvalue weighted by Crippen LogP contribution is -2.35. The van der Waals surface area contributed by atoms with Gasteiger partial charge in [-0.1, -0.05) is 29.3 Å². The molecule has 0 fully saturated rings. The summed E-state index contributed by atoms with van der Waals surface area (Å²) in [6, 6.07) is 5.17. The topological polar surface area (TPSA) is 67.6 Å². The molecule has 0 atom stereocenters. The summed E-state index contributed by atoms with van der Waals surface area (Å²) < 4.78 is 0. The van der Waals surface area contributed by atoms with Gasteiger partial charge in [0.1, 0.15) is 0 Å². The van der Waals surface area contributed by atoms with Crippen molar-refractivity contribution in [2.24, 2.45) is 16.7 Å². The Morgan fingerprint density at radius 2 is 1.80 bits per heavy atom. The van der Waals surface area contributed by atoms with Crippen molar-refractivity contribution in [3.05, 3.63) is 28.2 Å². The van der Waals surface area contributed by atoms with Gasteiger partial charge in [0.15, 0.2) is 0 Å². The minimum atomic E-state index is 0. The summed E-state index contributed by atoms with van der Waals surface area (Å²) in [6.07, 6.45) is 0. The second kappa shape index (κ2) is 5.90. The molecule has 0 aliphatic heterocycles. The predicted molar refractivity (Wildman–Crippen MR) is 67.9 cm³/mol. The van der Waals surface area contributed by atoms with Gasteiger partial charge in [-0.2, -0.15) is 0 Å². The standard InChI is InChI=1S/C8H10Cl2N4.ClH/c1-14(8(11)13-12)7-5(9)3-2-4-6(7)10;/h2-4H,12H2,1H3,(H2,11,13);1H. The lowest BCUT2D eigenvalue weighted by atomic mass is 10.3. The van der Waals surface area contributed by atoms with Gasteiger partial charge in [-0.15, -0.1) is 17.5 Å². The molecule has 1 aromatic carbocycles. The lowest BCUT2D eigenvalue weighted by Gasteiger charge is -2.19.